The molecule has 0 saturated heterocycles. The Balaban J connectivity index is 2.81. The van der Waals surface area contributed by atoms with Crippen LogP contribution in [-0.2, 0) is 4.84 Å². The van der Waals surface area contributed by atoms with Crippen LogP contribution in [0.15, 0.2) is 24.3 Å². The fraction of sp³-hybridized carbons (Fsp3) is 0. The maximum Gasteiger partial charge on any atom is 0.358 e. The average Bonchev–Trinajstić information content (AvgIpc) is 2.05. The molecule has 4 nitrogen and oxygen atoms in total. The van der Waals surface area contributed by atoms with Gasteiger partial charge >= 0.3 is 5.97 Å². The molecule has 5 heteroatoms. The van der Waals surface area contributed by atoms with Crippen LogP contribution < -0.4 is 11.4 Å². The Labute approximate surface area is 74.2 Å². The molecule has 0 bridgehead atoms. The zero-order valence-corrected chi connectivity index (χ0v) is 6.84. The van der Waals surface area contributed by atoms with Crippen LogP contribution >= 0.6 is 11.6 Å². The number of nitrogens with one attached hydrogen (secondary N) is 1. The van der Waals surface area contributed by atoms with Crippen LogP contribution in [0.3, 0.4) is 0 Å². The fourth-order valence-corrected chi connectivity index (χ4v) is 0.918. The van der Waals surface area contributed by atoms with E-state index in [9.17, 15) is 4.79 Å². The number of nitrogens with two attached hydrogens (primary N) is 1. The number of carbonyl (C=O) groups is 1. The Kier molecular flexibility index (Phi) is 3.04. The highest BCUT2D eigenvalue weighted by Crippen LogP contribution is 2.10. The van der Waals surface area contributed by atoms with Gasteiger partial charge in [0.2, 0.25) is 0 Å². The van der Waals surface area contributed by atoms with Crippen molar-refractivity contribution in [2.24, 2.45) is 5.84 Å². The van der Waals surface area contributed by atoms with Gasteiger partial charge in [0.05, 0.1) is 5.56 Å². The number of halogens is 1. The van der Waals surface area contributed by atoms with Gasteiger partial charge in [0.15, 0.2) is 0 Å². The Bertz CT molecular complexity index is 290. The van der Waals surface area contributed by atoms with Crippen molar-refractivity contribution >= 4 is 17.6 Å². The largest absolute Gasteiger partial charge is 0.358 e. The summed E-state index contributed by atoms with van der Waals surface area (Å²) in [6.07, 6.45) is 0. The first-order chi connectivity index (χ1) is 5.74. The van der Waals surface area contributed by atoms with Gasteiger partial charge in [-0.3, -0.25) is 0 Å². The third-order valence-electron chi connectivity index (χ3n) is 1.21. The van der Waals surface area contributed by atoms with Gasteiger partial charge in [-0.2, -0.15) is 0 Å². The lowest BCUT2D eigenvalue weighted by atomic mass is 10.2. The number of hydrogen-bond donors (Lipinski definition) is 2. The lowest BCUT2D eigenvalue weighted by molar-refractivity contribution is 0.0254. The van der Waals surface area contributed by atoms with Crippen LogP contribution in [0, 0.1) is 0 Å². The molecule has 0 radical (unpaired) electrons. The summed E-state index contributed by atoms with van der Waals surface area (Å²) in [6, 6.07) is 6.37. The van der Waals surface area contributed by atoms with E-state index in [4.69, 9.17) is 17.4 Å². The molecule has 3 N–H and O–H groups in total. The standard InChI is InChI=1S/C7H7ClN2O2/c8-6-3-1-2-5(4-6)7(11)12-10-9/h1-4,10H,9H2. The molecule has 0 aliphatic carbocycles. The minimum atomic E-state index is -0.569. The van der Waals surface area contributed by atoms with E-state index >= 15 is 0 Å². The summed E-state index contributed by atoms with van der Waals surface area (Å²) in [6.45, 7) is 0. The van der Waals surface area contributed by atoms with Gasteiger partial charge in [0, 0.05) is 5.02 Å². The van der Waals surface area contributed by atoms with Gasteiger partial charge in [0.1, 0.15) is 0 Å². The molecule has 0 aliphatic rings. The van der Waals surface area contributed by atoms with Crippen LogP contribution in [0.5, 0.6) is 0 Å². The molecular formula is C7H7ClN2O2. The summed E-state index contributed by atoms with van der Waals surface area (Å²) in [4.78, 5) is 15.3. The molecular weight excluding hydrogens is 180 g/mol. The van der Waals surface area contributed by atoms with Gasteiger partial charge in [-0.15, -0.1) is 0 Å². The third kappa shape index (κ3) is 2.20. The third-order valence-corrected chi connectivity index (χ3v) is 1.45. The van der Waals surface area contributed by atoms with Crippen molar-refractivity contribution in [3.8, 4) is 0 Å². The fourth-order valence-electron chi connectivity index (χ4n) is 0.728. The number of carbonyl (C=O) groups excluding carboxylic acids is 1. The van der Waals surface area contributed by atoms with E-state index in [0.717, 1.165) is 0 Å². The molecule has 0 spiro atoms. The Morgan fingerprint density at radius 3 is 2.92 bits per heavy atom. The lowest BCUT2D eigenvalue weighted by Gasteiger charge is -2.00. The maximum absolute atomic E-state index is 11.0. The van der Waals surface area contributed by atoms with Crippen LogP contribution in [0.25, 0.3) is 0 Å². The molecule has 0 amide bonds. The number of hydrogen-bond acceptors (Lipinski definition) is 4. The highest BCUT2D eigenvalue weighted by Gasteiger charge is 2.05. The number of rotatable bonds is 2. The van der Waals surface area contributed by atoms with Crippen LogP contribution in [0.1, 0.15) is 10.4 Å². The quantitative estimate of drug-likeness (QED) is 0.532. The molecule has 0 aromatic heterocycles. The monoisotopic (exact) mass is 186 g/mol. The molecule has 0 unspecified atom stereocenters. The van der Waals surface area contributed by atoms with E-state index in [-0.39, 0.29) is 0 Å². The number of benzene rings is 1. The summed E-state index contributed by atoms with van der Waals surface area (Å²) in [5, 5.41) is 0.474. The molecule has 12 heavy (non-hydrogen) atoms. The van der Waals surface area contributed by atoms with E-state index in [1.54, 1.807) is 23.8 Å². The van der Waals surface area contributed by atoms with Crippen molar-refractivity contribution in [2.75, 3.05) is 0 Å². The van der Waals surface area contributed by atoms with E-state index in [1.807, 2.05) is 0 Å². The first-order valence-electron chi connectivity index (χ1n) is 3.16. The molecule has 0 saturated carbocycles. The molecule has 1 rings (SSSR count). The summed E-state index contributed by atoms with van der Waals surface area (Å²) in [5.74, 6) is 4.21. The van der Waals surface area contributed by atoms with Crippen molar-refractivity contribution in [1.82, 2.24) is 5.59 Å². The van der Waals surface area contributed by atoms with E-state index in [2.05, 4.69) is 4.84 Å². The lowest BCUT2D eigenvalue weighted by Crippen LogP contribution is -2.26. The second-order valence-corrected chi connectivity index (χ2v) is 2.45. The summed E-state index contributed by atoms with van der Waals surface area (Å²) < 4.78 is 0. The molecule has 0 aliphatic heterocycles. The predicted molar refractivity (Wildman–Crippen MR) is 44.2 cm³/mol. The summed E-state index contributed by atoms with van der Waals surface area (Å²) in [5.41, 5.74) is 2.14. The van der Waals surface area contributed by atoms with Crippen molar-refractivity contribution in [1.29, 1.82) is 0 Å². The Morgan fingerprint density at radius 1 is 1.58 bits per heavy atom. The van der Waals surface area contributed by atoms with Crippen molar-refractivity contribution in [3.63, 3.8) is 0 Å². The second kappa shape index (κ2) is 4.06. The highest BCUT2D eigenvalue weighted by atomic mass is 35.5. The SMILES string of the molecule is NNOC(=O)c1cccc(Cl)c1. The van der Waals surface area contributed by atoms with Gasteiger partial charge in [0.25, 0.3) is 0 Å². The van der Waals surface area contributed by atoms with Gasteiger partial charge in [-0.05, 0) is 18.2 Å². The molecule has 0 atom stereocenters. The van der Waals surface area contributed by atoms with Crippen molar-refractivity contribution in [3.05, 3.63) is 34.9 Å². The number of hydrazine groups is 1. The van der Waals surface area contributed by atoms with Crippen molar-refractivity contribution < 1.29 is 9.63 Å². The molecule has 0 fully saturated rings. The molecule has 1 aromatic rings. The topological polar surface area (TPSA) is 64.3 Å². The average molecular weight is 187 g/mol. The van der Waals surface area contributed by atoms with E-state index in [0.29, 0.717) is 10.6 Å². The van der Waals surface area contributed by atoms with Gasteiger partial charge in [-0.1, -0.05) is 23.3 Å². The summed E-state index contributed by atoms with van der Waals surface area (Å²) >= 11 is 5.63. The smallest absolute Gasteiger partial charge is 0.351 e. The summed E-state index contributed by atoms with van der Waals surface area (Å²) in [7, 11) is 0. The first kappa shape index (κ1) is 8.99. The normalized spacial score (nSPS) is 9.50. The Morgan fingerprint density at radius 2 is 2.33 bits per heavy atom. The minimum absolute atomic E-state index is 0.348. The highest BCUT2D eigenvalue weighted by molar-refractivity contribution is 6.30. The van der Waals surface area contributed by atoms with Gasteiger partial charge in [-0.25, -0.2) is 10.6 Å². The Hall–Kier alpha value is -1.10. The molecule has 64 valence electrons. The molecule has 1 aromatic carbocycles. The van der Waals surface area contributed by atoms with Crippen molar-refractivity contribution in [2.45, 2.75) is 0 Å². The predicted octanol–water partition coefficient (Wildman–Crippen LogP) is 0.875. The second-order valence-electron chi connectivity index (χ2n) is 2.02. The van der Waals surface area contributed by atoms with E-state index in [1.165, 1.54) is 6.07 Å². The van der Waals surface area contributed by atoms with E-state index < -0.39 is 5.97 Å². The van der Waals surface area contributed by atoms with Crippen LogP contribution in [0.2, 0.25) is 5.02 Å². The van der Waals surface area contributed by atoms with Gasteiger partial charge < -0.3 is 4.84 Å². The minimum Gasteiger partial charge on any atom is -0.351 e. The zero-order chi connectivity index (χ0) is 8.97. The molecule has 0 heterocycles. The maximum atomic E-state index is 11.0. The zero-order valence-electron chi connectivity index (χ0n) is 6.08. The van der Waals surface area contributed by atoms with Crippen LogP contribution in [0.4, 0.5) is 0 Å². The van der Waals surface area contributed by atoms with Crippen LogP contribution in [-0.4, -0.2) is 5.97 Å². The first-order valence-corrected chi connectivity index (χ1v) is 3.54.